The van der Waals surface area contributed by atoms with Crippen LogP contribution in [0.15, 0.2) is 40.9 Å². The highest BCUT2D eigenvalue weighted by atomic mass is 79.9. The van der Waals surface area contributed by atoms with Gasteiger partial charge >= 0.3 is 0 Å². The molecular formula is C15H15BrF2N2O. The van der Waals surface area contributed by atoms with Crippen LogP contribution in [-0.4, -0.2) is 6.61 Å². The number of hydrazine groups is 1. The normalized spacial score (nSPS) is 12.2. The predicted octanol–water partition coefficient (Wildman–Crippen LogP) is 3.68. The lowest BCUT2D eigenvalue weighted by Crippen LogP contribution is -2.30. The predicted molar refractivity (Wildman–Crippen MR) is 80.8 cm³/mol. The SMILES string of the molecule is CCOc1cccc(C(NN)c2c(F)cc(Br)cc2F)c1. The topological polar surface area (TPSA) is 47.3 Å². The number of nitrogens with two attached hydrogens (primary N) is 1. The van der Waals surface area contributed by atoms with Gasteiger partial charge in [0.1, 0.15) is 17.4 Å². The lowest BCUT2D eigenvalue weighted by molar-refractivity contribution is 0.339. The van der Waals surface area contributed by atoms with Crippen molar-refractivity contribution in [3.05, 3.63) is 63.6 Å². The highest BCUT2D eigenvalue weighted by Gasteiger charge is 2.22. The average molecular weight is 357 g/mol. The van der Waals surface area contributed by atoms with Crippen LogP contribution in [0.4, 0.5) is 8.78 Å². The molecule has 0 radical (unpaired) electrons. The van der Waals surface area contributed by atoms with Crippen molar-refractivity contribution < 1.29 is 13.5 Å². The van der Waals surface area contributed by atoms with Crippen molar-refractivity contribution in [2.24, 2.45) is 5.84 Å². The molecule has 0 heterocycles. The Morgan fingerprint density at radius 3 is 2.48 bits per heavy atom. The van der Waals surface area contributed by atoms with Gasteiger partial charge in [-0.3, -0.25) is 5.84 Å². The first-order valence-electron chi connectivity index (χ1n) is 6.40. The lowest BCUT2D eigenvalue weighted by atomic mass is 9.98. The van der Waals surface area contributed by atoms with Gasteiger partial charge in [-0.25, -0.2) is 14.2 Å². The van der Waals surface area contributed by atoms with E-state index in [1.54, 1.807) is 24.3 Å². The average Bonchev–Trinajstić information content (AvgIpc) is 2.43. The van der Waals surface area contributed by atoms with Crippen LogP contribution in [0.2, 0.25) is 0 Å². The molecule has 6 heteroatoms. The van der Waals surface area contributed by atoms with Crippen LogP contribution in [0, 0.1) is 11.6 Å². The second kappa shape index (κ2) is 6.98. The van der Waals surface area contributed by atoms with Crippen LogP contribution in [0.3, 0.4) is 0 Å². The molecule has 2 aromatic carbocycles. The summed E-state index contributed by atoms with van der Waals surface area (Å²) in [7, 11) is 0. The molecule has 2 aromatic rings. The van der Waals surface area contributed by atoms with Crippen LogP contribution in [0.1, 0.15) is 24.1 Å². The quantitative estimate of drug-likeness (QED) is 0.634. The first-order valence-corrected chi connectivity index (χ1v) is 7.19. The number of hydrogen-bond acceptors (Lipinski definition) is 3. The molecule has 1 unspecified atom stereocenters. The van der Waals surface area contributed by atoms with Gasteiger partial charge in [0.05, 0.1) is 12.6 Å². The summed E-state index contributed by atoms with van der Waals surface area (Å²) in [5.74, 6) is 4.77. The minimum Gasteiger partial charge on any atom is -0.494 e. The number of ether oxygens (including phenoxy) is 1. The zero-order valence-corrected chi connectivity index (χ0v) is 13.0. The molecule has 0 aliphatic carbocycles. The summed E-state index contributed by atoms with van der Waals surface area (Å²) in [6.07, 6.45) is 0. The van der Waals surface area contributed by atoms with Gasteiger partial charge in [-0.2, -0.15) is 0 Å². The summed E-state index contributed by atoms with van der Waals surface area (Å²) in [5.41, 5.74) is 2.94. The highest BCUT2D eigenvalue weighted by molar-refractivity contribution is 9.10. The fourth-order valence-corrected chi connectivity index (χ4v) is 2.53. The number of halogens is 3. The van der Waals surface area contributed by atoms with E-state index in [9.17, 15) is 8.78 Å². The summed E-state index contributed by atoms with van der Waals surface area (Å²) in [6, 6.07) is 8.56. The van der Waals surface area contributed by atoms with Crippen LogP contribution >= 0.6 is 15.9 Å². The maximum absolute atomic E-state index is 14.1. The van der Waals surface area contributed by atoms with Gasteiger partial charge in [0.25, 0.3) is 0 Å². The molecule has 0 spiro atoms. The molecule has 0 aliphatic rings. The number of rotatable bonds is 5. The van der Waals surface area contributed by atoms with Crippen molar-refractivity contribution in [2.45, 2.75) is 13.0 Å². The first kappa shape index (κ1) is 15.9. The van der Waals surface area contributed by atoms with Gasteiger partial charge in [-0.1, -0.05) is 28.1 Å². The molecule has 3 nitrogen and oxygen atoms in total. The van der Waals surface area contributed by atoms with Crippen molar-refractivity contribution in [1.82, 2.24) is 5.43 Å². The van der Waals surface area contributed by atoms with E-state index in [0.29, 0.717) is 22.4 Å². The zero-order chi connectivity index (χ0) is 15.4. The van der Waals surface area contributed by atoms with Gasteiger partial charge < -0.3 is 4.74 Å². The van der Waals surface area contributed by atoms with E-state index < -0.39 is 17.7 Å². The Balaban J connectivity index is 2.47. The van der Waals surface area contributed by atoms with E-state index in [2.05, 4.69) is 21.4 Å². The Bertz CT molecular complexity index is 614. The molecule has 0 saturated heterocycles. The van der Waals surface area contributed by atoms with Crippen LogP contribution in [0.25, 0.3) is 0 Å². The molecule has 1 atom stereocenters. The van der Waals surface area contributed by atoms with Gasteiger partial charge in [0.2, 0.25) is 0 Å². The Labute approximate surface area is 130 Å². The molecule has 21 heavy (non-hydrogen) atoms. The molecule has 0 aromatic heterocycles. The van der Waals surface area contributed by atoms with E-state index in [-0.39, 0.29) is 5.56 Å². The summed E-state index contributed by atoms with van der Waals surface area (Å²) in [6.45, 7) is 2.37. The molecular weight excluding hydrogens is 342 g/mol. The Hall–Kier alpha value is -1.50. The minimum atomic E-state index is -0.807. The van der Waals surface area contributed by atoms with Gasteiger partial charge in [0, 0.05) is 10.0 Å². The minimum absolute atomic E-state index is 0.130. The Kier molecular flexibility index (Phi) is 5.27. The Morgan fingerprint density at radius 1 is 1.24 bits per heavy atom. The largest absolute Gasteiger partial charge is 0.494 e. The van der Waals surface area contributed by atoms with E-state index in [0.717, 1.165) is 0 Å². The van der Waals surface area contributed by atoms with E-state index in [4.69, 9.17) is 10.6 Å². The lowest BCUT2D eigenvalue weighted by Gasteiger charge is -2.19. The van der Waals surface area contributed by atoms with E-state index in [1.165, 1.54) is 12.1 Å². The molecule has 0 aliphatic heterocycles. The van der Waals surface area contributed by atoms with Crippen LogP contribution in [-0.2, 0) is 0 Å². The van der Waals surface area contributed by atoms with Gasteiger partial charge in [-0.05, 0) is 36.8 Å². The standard InChI is InChI=1S/C15H15BrF2N2O/c1-2-21-11-5-3-4-9(6-11)15(20-19)14-12(17)7-10(16)8-13(14)18/h3-8,15,20H,2,19H2,1H3. The fourth-order valence-electron chi connectivity index (χ4n) is 2.13. The van der Waals surface area contributed by atoms with Crippen molar-refractivity contribution in [1.29, 1.82) is 0 Å². The maximum Gasteiger partial charge on any atom is 0.132 e. The Morgan fingerprint density at radius 2 is 1.90 bits per heavy atom. The fraction of sp³-hybridized carbons (Fsp3) is 0.200. The summed E-state index contributed by atoms with van der Waals surface area (Å²) in [5, 5.41) is 0. The first-order chi connectivity index (χ1) is 10.1. The van der Waals surface area contributed by atoms with Crippen LogP contribution < -0.4 is 16.0 Å². The summed E-state index contributed by atoms with van der Waals surface area (Å²) < 4.78 is 33.9. The molecule has 0 fully saturated rings. The smallest absolute Gasteiger partial charge is 0.132 e. The molecule has 0 bridgehead atoms. The zero-order valence-electron chi connectivity index (χ0n) is 11.4. The molecule has 112 valence electrons. The second-order valence-electron chi connectivity index (χ2n) is 4.39. The number of benzene rings is 2. The van der Waals surface area contributed by atoms with Crippen molar-refractivity contribution in [3.8, 4) is 5.75 Å². The highest BCUT2D eigenvalue weighted by Crippen LogP contribution is 2.30. The van der Waals surface area contributed by atoms with Crippen molar-refractivity contribution >= 4 is 15.9 Å². The third kappa shape index (κ3) is 3.58. The third-order valence-corrected chi connectivity index (χ3v) is 3.46. The monoisotopic (exact) mass is 356 g/mol. The molecule has 0 amide bonds. The van der Waals surface area contributed by atoms with Gasteiger partial charge in [0.15, 0.2) is 0 Å². The van der Waals surface area contributed by atoms with E-state index >= 15 is 0 Å². The molecule has 2 rings (SSSR count). The van der Waals surface area contributed by atoms with Crippen LogP contribution in [0.5, 0.6) is 5.75 Å². The second-order valence-corrected chi connectivity index (χ2v) is 5.30. The molecule has 0 saturated carbocycles. The third-order valence-electron chi connectivity index (χ3n) is 3.00. The van der Waals surface area contributed by atoms with E-state index in [1.807, 2.05) is 6.92 Å². The number of hydrogen-bond donors (Lipinski definition) is 2. The summed E-state index contributed by atoms with van der Waals surface area (Å²) >= 11 is 3.05. The number of nitrogens with one attached hydrogen (secondary N) is 1. The molecule has 3 N–H and O–H groups in total. The maximum atomic E-state index is 14.1. The summed E-state index contributed by atoms with van der Waals surface area (Å²) in [4.78, 5) is 0. The van der Waals surface area contributed by atoms with Crippen molar-refractivity contribution in [2.75, 3.05) is 6.61 Å². The van der Waals surface area contributed by atoms with Crippen molar-refractivity contribution in [3.63, 3.8) is 0 Å². The van der Waals surface area contributed by atoms with Gasteiger partial charge in [-0.15, -0.1) is 0 Å².